The Bertz CT molecular complexity index is 625. The first-order chi connectivity index (χ1) is 11.2. The zero-order valence-corrected chi connectivity index (χ0v) is 13.2. The van der Waals surface area contributed by atoms with Gasteiger partial charge in [0.05, 0.1) is 12.6 Å². The minimum atomic E-state index is -4.84. The number of hydroxylamine groups is 3. The Morgan fingerprint density at radius 1 is 1.38 bits per heavy atom. The van der Waals surface area contributed by atoms with Crippen LogP contribution in [0.3, 0.4) is 0 Å². The van der Waals surface area contributed by atoms with Gasteiger partial charge < -0.3 is 16.0 Å². The molecule has 14 heteroatoms. The highest BCUT2D eigenvalue weighted by Gasteiger charge is 2.49. The SMILES string of the molecule is NC(=O)NCCONC(=O)[C@@H]1CC[C@@H]2CN1C(=O)N2OS(=O)(=O)O. The molecule has 2 aliphatic heterocycles. The first-order valence-electron chi connectivity index (χ1n) is 6.91. The number of nitrogens with one attached hydrogen (secondary N) is 2. The summed E-state index contributed by atoms with van der Waals surface area (Å²) in [6, 6.07) is -3.02. The van der Waals surface area contributed by atoms with Gasteiger partial charge in [0.25, 0.3) is 5.91 Å². The van der Waals surface area contributed by atoms with Crippen molar-refractivity contribution in [2.75, 3.05) is 19.7 Å². The van der Waals surface area contributed by atoms with Gasteiger partial charge in [0.2, 0.25) is 0 Å². The second-order valence-electron chi connectivity index (χ2n) is 5.12. The molecule has 13 nitrogen and oxygen atoms in total. The van der Waals surface area contributed by atoms with Gasteiger partial charge in [0, 0.05) is 13.1 Å². The van der Waals surface area contributed by atoms with E-state index in [-0.39, 0.29) is 26.1 Å². The maximum atomic E-state index is 12.1. The number of nitrogens with two attached hydrogens (primary N) is 1. The number of amides is 5. The molecule has 2 heterocycles. The molecule has 0 aromatic rings. The summed E-state index contributed by atoms with van der Waals surface area (Å²) in [4.78, 5) is 40.6. The lowest BCUT2D eigenvalue weighted by atomic mass is 10.0. The zero-order valence-electron chi connectivity index (χ0n) is 12.4. The second kappa shape index (κ2) is 7.16. The standard InChI is InChI=1S/C10H17N5O8S/c11-9(17)12-3-4-22-13-8(16)7-2-1-6-5-14(7)10(18)15(6)23-24(19,20)21/h6-7H,1-5H2,(H,13,16)(H3,11,12,17)(H,19,20,21)/t6-,7+/m1/s1. The summed E-state index contributed by atoms with van der Waals surface area (Å²) < 4.78 is 34.5. The van der Waals surface area contributed by atoms with Crippen molar-refractivity contribution in [3.05, 3.63) is 0 Å². The Labute approximate surface area is 136 Å². The highest BCUT2D eigenvalue weighted by molar-refractivity contribution is 7.80. The maximum Gasteiger partial charge on any atom is 0.418 e. The van der Waals surface area contributed by atoms with Crippen LogP contribution in [0.2, 0.25) is 0 Å². The summed E-state index contributed by atoms with van der Waals surface area (Å²) in [5.74, 6) is -0.602. The van der Waals surface area contributed by atoms with E-state index >= 15 is 0 Å². The molecule has 0 aromatic carbocycles. The van der Waals surface area contributed by atoms with Gasteiger partial charge in [0.15, 0.2) is 0 Å². The van der Waals surface area contributed by atoms with Crippen LogP contribution in [-0.2, 0) is 24.3 Å². The Hall–Kier alpha value is -2.16. The van der Waals surface area contributed by atoms with Crippen LogP contribution in [0, 0.1) is 0 Å². The summed E-state index contributed by atoms with van der Waals surface area (Å²) in [7, 11) is -4.84. The number of hydrogen-bond acceptors (Lipinski definition) is 7. The van der Waals surface area contributed by atoms with E-state index in [0.717, 1.165) is 4.90 Å². The largest absolute Gasteiger partial charge is 0.418 e. The lowest BCUT2D eigenvalue weighted by Crippen LogP contribution is -2.50. The molecule has 5 amide bonds. The van der Waals surface area contributed by atoms with Crippen molar-refractivity contribution in [1.82, 2.24) is 20.8 Å². The molecule has 0 radical (unpaired) electrons. The number of fused-ring (bicyclic) bond motifs is 2. The lowest BCUT2D eigenvalue weighted by molar-refractivity contribution is -0.138. The summed E-state index contributed by atoms with van der Waals surface area (Å²) in [5, 5.41) is 2.80. The third-order valence-electron chi connectivity index (χ3n) is 3.48. The molecule has 2 bridgehead atoms. The number of urea groups is 2. The first-order valence-corrected chi connectivity index (χ1v) is 8.27. The Balaban J connectivity index is 1.86. The molecule has 2 atom stereocenters. The van der Waals surface area contributed by atoms with E-state index in [1.165, 1.54) is 0 Å². The molecule has 0 aliphatic carbocycles. The van der Waals surface area contributed by atoms with Crippen LogP contribution in [0.5, 0.6) is 0 Å². The zero-order chi connectivity index (χ0) is 17.9. The normalized spacial score (nSPS) is 23.3. The molecule has 2 aliphatic rings. The molecule has 0 spiro atoms. The van der Waals surface area contributed by atoms with Gasteiger partial charge >= 0.3 is 22.5 Å². The van der Waals surface area contributed by atoms with E-state index in [9.17, 15) is 22.8 Å². The number of hydrogen-bond donors (Lipinski definition) is 4. The number of primary amides is 1. The van der Waals surface area contributed by atoms with Gasteiger partial charge in [-0.25, -0.2) is 15.1 Å². The second-order valence-corrected chi connectivity index (χ2v) is 6.12. The smallest absolute Gasteiger partial charge is 0.352 e. The van der Waals surface area contributed by atoms with Gasteiger partial charge in [0.1, 0.15) is 6.04 Å². The molecule has 0 saturated carbocycles. The predicted molar refractivity (Wildman–Crippen MR) is 75.1 cm³/mol. The first kappa shape index (κ1) is 18.2. The number of carbonyl (C=O) groups excluding carboxylic acids is 3. The number of nitrogens with zero attached hydrogens (tertiary/aromatic N) is 2. The molecule has 136 valence electrons. The van der Waals surface area contributed by atoms with Crippen LogP contribution < -0.4 is 16.5 Å². The third kappa shape index (κ3) is 4.44. The van der Waals surface area contributed by atoms with Crippen molar-refractivity contribution in [3.8, 4) is 0 Å². The van der Waals surface area contributed by atoms with E-state index < -0.39 is 40.5 Å². The Kier molecular flexibility index (Phi) is 5.43. The van der Waals surface area contributed by atoms with Crippen LogP contribution in [0.25, 0.3) is 0 Å². The average molecular weight is 367 g/mol. The summed E-state index contributed by atoms with van der Waals surface area (Å²) in [5.41, 5.74) is 6.99. The topological polar surface area (TPSA) is 181 Å². The van der Waals surface area contributed by atoms with Crippen molar-refractivity contribution in [1.29, 1.82) is 0 Å². The highest BCUT2D eigenvalue weighted by Crippen LogP contribution is 2.30. The minimum Gasteiger partial charge on any atom is -0.352 e. The molecule has 24 heavy (non-hydrogen) atoms. The van der Waals surface area contributed by atoms with Crippen molar-refractivity contribution >= 4 is 28.4 Å². The fourth-order valence-corrected chi connectivity index (χ4v) is 2.91. The maximum absolute atomic E-state index is 12.1. The van der Waals surface area contributed by atoms with Crippen molar-refractivity contribution < 1.29 is 36.5 Å². The monoisotopic (exact) mass is 367 g/mol. The van der Waals surface area contributed by atoms with Crippen LogP contribution in [0.1, 0.15) is 12.8 Å². The van der Waals surface area contributed by atoms with Crippen molar-refractivity contribution in [3.63, 3.8) is 0 Å². The molecule has 2 fully saturated rings. The Morgan fingerprint density at radius 3 is 2.71 bits per heavy atom. The number of carbonyl (C=O) groups is 3. The summed E-state index contributed by atoms with van der Waals surface area (Å²) >= 11 is 0. The van der Waals surface area contributed by atoms with E-state index in [1.807, 2.05) is 0 Å². The van der Waals surface area contributed by atoms with E-state index in [0.29, 0.717) is 11.5 Å². The van der Waals surface area contributed by atoms with E-state index in [1.54, 1.807) is 0 Å². The van der Waals surface area contributed by atoms with Gasteiger partial charge in [-0.05, 0) is 12.8 Å². The fraction of sp³-hybridized carbons (Fsp3) is 0.700. The Morgan fingerprint density at radius 2 is 2.08 bits per heavy atom. The van der Waals surface area contributed by atoms with Crippen molar-refractivity contribution in [2.45, 2.75) is 24.9 Å². The molecular weight excluding hydrogens is 350 g/mol. The summed E-state index contributed by atoms with van der Waals surface area (Å²) in [6.07, 6.45) is 0.565. The molecule has 5 N–H and O–H groups in total. The fourth-order valence-electron chi connectivity index (χ4n) is 2.52. The van der Waals surface area contributed by atoms with Crippen LogP contribution in [0.4, 0.5) is 9.59 Å². The van der Waals surface area contributed by atoms with Crippen molar-refractivity contribution in [2.24, 2.45) is 5.73 Å². The minimum absolute atomic E-state index is 0.0318. The van der Waals surface area contributed by atoms with Gasteiger partial charge in [-0.15, -0.1) is 4.28 Å². The van der Waals surface area contributed by atoms with Crippen LogP contribution in [0.15, 0.2) is 0 Å². The van der Waals surface area contributed by atoms with Gasteiger partial charge in [-0.1, -0.05) is 0 Å². The van der Waals surface area contributed by atoms with Crippen LogP contribution >= 0.6 is 0 Å². The summed E-state index contributed by atoms with van der Waals surface area (Å²) in [6.45, 7) is 0.132. The van der Waals surface area contributed by atoms with Gasteiger partial charge in [-0.2, -0.15) is 13.5 Å². The van der Waals surface area contributed by atoms with Gasteiger partial charge in [-0.3, -0.25) is 14.2 Å². The molecule has 0 aromatic heterocycles. The molecule has 0 unspecified atom stereocenters. The van der Waals surface area contributed by atoms with E-state index in [4.69, 9.17) is 15.1 Å². The quantitative estimate of drug-likeness (QED) is 0.220. The van der Waals surface area contributed by atoms with Crippen LogP contribution in [-0.4, -0.2) is 72.7 Å². The number of piperidine rings is 1. The number of rotatable bonds is 7. The predicted octanol–water partition coefficient (Wildman–Crippen LogP) is -2.29. The third-order valence-corrected chi connectivity index (χ3v) is 3.83. The molecular formula is C10H17N5O8S. The molecule has 2 rings (SSSR count). The van der Waals surface area contributed by atoms with E-state index in [2.05, 4.69) is 15.1 Å². The highest BCUT2D eigenvalue weighted by atomic mass is 32.3. The lowest BCUT2D eigenvalue weighted by Gasteiger charge is -2.28. The average Bonchev–Trinajstić information content (AvgIpc) is 2.70. The molecule has 2 saturated heterocycles.